The van der Waals surface area contributed by atoms with Gasteiger partial charge in [-0.1, -0.05) is 11.8 Å². The van der Waals surface area contributed by atoms with Gasteiger partial charge in [0.15, 0.2) is 0 Å². The number of likely N-dealkylation sites (tertiary alicyclic amines) is 1. The van der Waals surface area contributed by atoms with Crippen LogP contribution in [-0.4, -0.2) is 46.3 Å². The number of carbonyl (C=O) groups is 1. The Bertz CT molecular complexity index is 601. The highest BCUT2D eigenvalue weighted by Crippen LogP contribution is 2.22. The monoisotopic (exact) mass is 291 g/mol. The van der Waals surface area contributed by atoms with E-state index in [2.05, 4.69) is 11.8 Å². The minimum Gasteiger partial charge on any atom is -0.388 e. The normalized spacial score (nSPS) is 21.6. The predicted molar refractivity (Wildman–Crippen MR) is 76.1 cm³/mol. The summed E-state index contributed by atoms with van der Waals surface area (Å²) in [5.41, 5.74) is -0.539. The van der Waals surface area contributed by atoms with Crippen LogP contribution in [0.15, 0.2) is 18.2 Å². The Balaban J connectivity index is 2.19. The van der Waals surface area contributed by atoms with Crippen LogP contribution < -0.4 is 0 Å². The third-order valence-electron chi connectivity index (χ3n) is 3.47. The molecule has 1 fully saturated rings. The Morgan fingerprint density at radius 3 is 2.90 bits per heavy atom. The topological polar surface area (TPSA) is 60.8 Å². The standard InChI is InChI=1S/C16H18FNO3/c1-16(21)7-3-8-18(11-16)15(20)13-6-5-12(4-2-9-19)10-14(13)17/h5-6,10,19,21H,3,7-9,11H2,1H3. The van der Waals surface area contributed by atoms with Crippen molar-refractivity contribution in [3.63, 3.8) is 0 Å². The molecular weight excluding hydrogens is 273 g/mol. The molecule has 0 aliphatic carbocycles. The van der Waals surface area contributed by atoms with Crippen LogP contribution in [0.1, 0.15) is 35.7 Å². The molecule has 1 aromatic carbocycles. The number of hydrogen-bond donors (Lipinski definition) is 2. The van der Waals surface area contributed by atoms with Gasteiger partial charge in [-0.3, -0.25) is 4.79 Å². The first-order valence-corrected chi connectivity index (χ1v) is 6.84. The number of aliphatic hydroxyl groups excluding tert-OH is 1. The zero-order chi connectivity index (χ0) is 15.5. The molecule has 1 amide bonds. The number of halogens is 1. The number of hydrogen-bond acceptors (Lipinski definition) is 3. The minimum absolute atomic E-state index is 0.0257. The van der Waals surface area contributed by atoms with E-state index in [1.165, 1.54) is 17.0 Å². The second-order valence-electron chi connectivity index (χ2n) is 5.48. The number of rotatable bonds is 1. The van der Waals surface area contributed by atoms with E-state index >= 15 is 0 Å². The molecule has 21 heavy (non-hydrogen) atoms. The van der Waals surface area contributed by atoms with Crippen molar-refractivity contribution in [2.24, 2.45) is 0 Å². The summed E-state index contributed by atoms with van der Waals surface area (Å²) in [7, 11) is 0. The average Bonchev–Trinajstić information content (AvgIpc) is 2.43. The first kappa shape index (κ1) is 15.5. The molecule has 0 saturated carbocycles. The van der Waals surface area contributed by atoms with Crippen LogP contribution >= 0.6 is 0 Å². The fourth-order valence-electron chi connectivity index (χ4n) is 2.47. The number of carbonyl (C=O) groups excluding carboxylic acids is 1. The number of nitrogens with zero attached hydrogens (tertiary/aromatic N) is 1. The number of benzene rings is 1. The number of aliphatic hydroxyl groups is 2. The third kappa shape index (κ3) is 3.81. The van der Waals surface area contributed by atoms with E-state index in [9.17, 15) is 14.3 Å². The molecule has 0 spiro atoms. The highest BCUT2D eigenvalue weighted by molar-refractivity contribution is 5.94. The lowest BCUT2D eigenvalue weighted by atomic mass is 9.94. The van der Waals surface area contributed by atoms with E-state index in [1.807, 2.05) is 0 Å². The summed E-state index contributed by atoms with van der Waals surface area (Å²) in [4.78, 5) is 13.8. The van der Waals surface area contributed by atoms with Crippen molar-refractivity contribution >= 4 is 5.91 Å². The van der Waals surface area contributed by atoms with Crippen LogP contribution in [0.5, 0.6) is 0 Å². The van der Waals surface area contributed by atoms with Gasteiger partial charge in [-0.15, -0.1) is 0 Å². The lowest BCUT2D eigenvalue weighted by molar-refractivity contribution is -0.0109. The molecule has 1 aromatic rings. The Morgan fingerprint density at radius 2 is 2.29 bits per heavy atom. The molecule has 2 rings (SSSR count). The highest BCUT2D eigenvalue weighted by atomic mass is 19.1. The van der Waals surface area contributed by atoms with Gasteiger partial charge < -0.3 is 15.1 Å². The Hall–Kier alpha value is -1.90. The average molecular weight is 291 g/mol. The lowest BCUT2D eigenvalue weighted by Crippen LogP contribution is -2.48. The Morgan fingerprint density at radius 1 is 1.52 bits per heavy atom. The number of piperidine rings is 1. The summed E-state index contributed by atoms with van der Waals surface area (Å²) in [6, 6.07) is 4.11. The Labute approximate surface area is 123 Å². The molecule has 1 aliphatic heterocycles. The van der Waals surface area contributed by atoms with Crippen molar-refractivity contribution in [2.45, 2.75) is 25.4 Å². The SMILES string of the molecule is CC1(O)CCCN(C(=O)c2ccc(C#CCO)cc2F)C1. The van der Waals surface area contributed by atoms with E-state index in [0.717, 1.165) is 0 Å². The summed E-state index contributed by atoms with van der Waals surface area (Å²) in [6.45, 7) is 2.10. The molecule has 1 heterocycles. The summed E-state index contributed by atoms with van der Waals surface area (Å²) < 4.78 is 14.0. The highest BCUT2D eigenvalue weighted by Gasteiger charge is 2.32. The molecule has 1 aliphatic rings. The van der Waals surface area contributed by atoms with Gasteiger partial charge in [0.05, 0.1) is 11.2 Å². The van der Waals surface area contributed by atoms with E-state index < -0.39 is 17.3 Å². The van der Waals surface area contributed by atoms with Crippen molar-refractivity contribution in [2.75, 3.05) is 19.7 Å². The van der Waals surface area contributed by atoms with Crippen molar-refractivity contribution in [1.82, 2.24) is 4.90 Å². The van der Waals surface area contributed by atoms with Gasteiger partial charge in [0.2, 0.25) is 0 Å². The van der Waals surface area contributed by atoms with Crippen molar-refractivity contribution in [3.8, 4) is 11.8 Å². The molecule has 4 nitrogen and oxygen atoms in total. The molecule has 0 radical (unpaired) electrons. The van der Waals surface area contributed by atoms with Gasteiger partial charge in [-0.2, -0.15) is 0 Å². The maximum Gasteiger partial charge on any atom is 0.256 e. The molecule has 1 atom stereocenters. The van der Waals surface area contributed by atoms with Gasteiger partial charge in [-0.05, 0) is 38.0 Å². The van der Waals surface area contributed by atoms with Gasteiger partial charge in [0.1, 0.15) is 12.4 Å². The van der Waals surface area contributed by atoms with E-state index in [1.54, 1.807) is 13.0 Å². The van der Waals surface area contributed by atoms with Crippen molar-refractivity contribution in [1.29, 1.82) is 0 Å². The smallest absolute Gasteiger partial charge is 0.256 e. The zero-order valence-corrected chi connectivity index (χ0v) is 11.9. The third-order valence-corrected chi connectivity index (χ3v) is 3.47. The number of amides is 1. The van der Waals surface area contributed by atoms with Crippen LogP contribution in [0.3, 0.4) is 0 Å². The van der Waals surface area contributed by atoms with Gasteiger partial charge >= 0.3 is 0 Å². The fourth-order valence-corrected chi connectivity index (χ4v) is 2.47. The van der Waals surface area contributed by atoms with Gasteiger partial charge in [-0.25, -0.2) is 4.39 Å². The van der Waals surface area contributed by atoms with Crippen LogP contribution in [0, 0.1) is 17.7 Å². The molecule has 5 heteroatoms. The Kier molecular flexibility index (Phi) is 4.61. The first-order valence-electron chi connectivity index (χ1n) is 6.84. The molecule has 0 aromatic heterocycles. The number of β-amino-alcohol motifs (C(OH)–C–C–N with tert-alkyl or cyclic N) is 1. The quantitative estimate of drug-likeness (QED) is 0.763. The molecular formula is C16H18FNO3. The fraction of sp³-hybridized carbons (Fsp3) is 0.438. The maximum atomic E-state index is 14.0. The summed E-state index contributed by atoms with van der Waals surface area (Å²) in [5.74, 6) is 3.95. The van der Waals surface area contributed by atoms with E-state index in [-0.39, 0.29) is 18.7 Å². The van der Waals surface area contributed by atoms with Crippen LogP contribution in [0.2, 0.25) is 0 Å². The van der Waals surface area contributed by atoms with Gasteiger partial charge in [0, 0.05) is 18.7 Å². The lowest BCUT2D eigenvalue weighted by Gasteiger charge is -2.36. The van der Waals surface area contributed by atoms with Crippen LogP contribution in [-0.2, 0) is 0 Å². The molecule has 1 saturated heterocycles. The van der Waals surface area contributed by atoms with Crippen LogP contribution in [0.25, 0.3) is 0 Å². The van der Waals surface area contributed by atoms with E-state index in [4.69, 9.17) is 5.11 Å². The van der Waals surface area contributed by atoms with E-state index in [0.29, 0.717) is 24.9 Å². The van der Waals surface area contributed by atoms with Crippen molar-refractivity contribution < 1.29 is 19.4 Å². The molecule has 0 bridgehead atoms. The molecule has 2 N–H and O–H groups in total. The maximum absolute atomic E-state index is 14.0. The van der Waals surface area contributed by atoms with Crippen LogP contribution in [0.4, 0.5) is 4.39 Å². The largest absolute Gasteiger partial charge is 0.388 e. The molecule has 1 unspecified atom stereocenters. The zero-order valence-electron chi connectivity index (χ0n) is 11.9. The van der Waals surface area contributed by atoms with Crippen molar-refractivity contribution in [3.05, 3.63) is 35.1 Å². The minimum atomic E-state index is -0.920. The van der Waals surface area contributed by atoms with Gasteiger partial charge in [0.25, 0.3) is 5.91 Å². The summed E-state index contributed by atoms with van der Waals surface area (Å²) in [5, 5.41) is 18.6. The first-order chi connectivity index (χ1) is 9.93. The molecule has 112 valence electrons. The summed E-state index contributed by atoms with van der Waals surface area (Å²) in [6.07, 6.45) is 1.33. The summed E-state index contributed by atoms with van der Waals surface area (Å²) >= 11 is 0. The second kappa shape index (κ2) is 6.25. The second-order valence-corrected chi connectivity index (χ2v) is 5.48. The predicted octanol–water partition coefficient (Wildman–Crippen LogP) is 1.16.